The minimum atomic E-state index is -3.62. The number of esters is 2. The summed E-state index contributed by atoms with van der Waals surface area (Å²) in [5.41, 5.74) is 1.34. The number of sulfonamides is 1. The van der Waals surface area contributed by atoms with Crippen LogP contribution >= 0.6 is 0 Å². The predicted octanol–water partition coefficient (Wildman–Crippen LogP) is 1.46. The molecule has 1 unspecified atom stereocenters. The molecule has 2 heterocycles. The lowest BCUT2D eigenvalue weighted by Crippen LogP contribution is -2.50. The van der Waals surface area contributed by atoms with Gasteiger partial charge >= 0.3 is 18.0 Å². The predicted molar refractivity (Wildman–Crippen MR) is 118 cm³/mol. The number of hydrogen-bond acceptors (Lipinski definition) is 7. The molecule has 0 saturated carbocycles. The molecule has 2 aliphatic rings. The molecule has 0 aromatic heterocycles. The van der Waals surface area contributed by atoms with Gasteiger partial charge in [-0.1, -0.05) is 17.7 Å². The lowest BCUT2D eigenvalue weighted by Gasteiger charge is -2.30. The average Bonchev–Trinajstić information content (AvgIpc) is 2.77. The molecule has 0 bridgehead atoms. The number of urea groups is 1. The second kappa shape index (κ2) is 10.3. The van der Waals surface area contributed by atoms with Crippen molar-refractivity contribution in [3.63, 3.8) is 0 Å². The fourth-order valence-corrected chi connectivity index (χ4v) is 5.32. The average molecular weight is 480 g/mol. The summed E-state index contributed by atoms with van der Waals surface area (Å²) in [4.78, 5) is 36.9. The summed E-state index contributed by atoms with van der Waals surface area (Å²) < 4.78 is 37.5. The molecule has 0 radical (unpaired) electrons. The van der Waals surface area contributed by atoms with E-state index in [1.54, 1.807) is 38.1 Å². The molecule has 2 aliphatic heterocycles. The van der Waals surface area contributed by atoms with E-state index >= 15 is 0 Å². The van der Waals surface area contributed by atoms with Gasteiger partial charge < -0.3 is 20.1 Å². The molecular formula is C22H29N3O7S. The molecule has 0 spiro atoms. The lowest BCUT2D eigenvalue weighted by molar-refractivity contribution is -0.149. The number of nitrogens with zero attached hydrogens (tertiary/aromatic N) is 1. The number of carbonyl (C=O) groups excluding carboxylic acids is 3. The molecule has 10 nitrogen and oxygen atoms in total. The van der Waals surface area contributed by atoms with Crippen molar-refractivity contribution in [2.24, 2.45) is 5.92 Å². The van der Waals surface area contributed by atoms with Crippen molar-refractivity contribution in [2.45, 2.75) is 44.6 Å². The number of benzene rings is 1. The summed E-state index contributed by atoms with van der Waals surface area (Å²) >= 11 is 0. The highest BCUT2D eigenvalue weighted by Gasteiger charge is 2.34. The van der Waals surface area contributed by atoms with Crippen LogP contribution < -0.4 is 10.6 Å². The number of ether oxygens (including phenoxy) is 2. The Hall–Kier alpha value is -2.92. The van der Waals surface area contributed by atoms with Gasteiger partial charge in [-0.05, 0) is 45.7 Å². The van der Waals surface area contributed by atoms with Crippen LogP contribution in [0.15, 0.2) is 40.4 Å². The van der Waals surface area contributed by atoms with Crippen LogP contribution in [-0.4, -0.2) is 63.0 Å². The monoisotopic (exact) mass is 479 g/mol. The van der Waals surface area contributed by atoms with E-state index in [1.807, 2.05) is 6.92 Å². The number of piperidine rings is 1. The van der Waals surface area contributed by atoms with Crippen molar-refractivity contribution in [3.05, 3.63) is 41.1 Å². The molecule has 1 atom stereocenters. The zero-order chi connectivity index (χ0) is 24.2. The van der Waals surface area contributed by atoms with Gasteiger partial charge in [-0.15, -0.1) is 0 Å². The molecule has 0 aliphatic carbocycles. The van der Waals surface area contributed by atoms with Crippen LogP contribution in [0.5, 0.6) is 0 Å². The van der Waals surface area contributed by atoms with Gasteiger partial charge in [-0.2, -0.15) is 4.31 Å². The Morgan fingerprint density at radius 1 is 1.12 bits per heavy atom. The van der Waals surface area contributed by atoms with E-state index in [1.165, 1.54) is 4.31 Å². The van der Waals surface area contributed by atoms with Gasteiger partial charge in [-0.3, -0.25) is 4.79 Å². The fourth-order valence-electron chi connectivity index (χ4n) is 3.85. The first kappa shape index (κ1) is 24.7. The van der Waals surface area contributed by atoms with E-state index < -0.39 is 40.0 Å². The summed E-state index contributed by atoms with van der Waals surface area (Å²) in [5.74, 6) is -1.58. The van der Waals surface area contributed by atoms with Gasteiger partial charge in [0.15, 0.2) is 0 Å². The van der Waals surface area contributed by atoms with Crippen LogP contribution in [0.3, 0.4) is 0 Å². The van der Waals surface area contributed by atoms with Crippen molar-refractivity contribution in [3.8, 4) is 0 Å². The maximum Gasteiger partial charge on any atom is 0.338 e. The molecule has 1 fully saturated rings. The standard InChI is InChI=1S/C22H29N3O7S/c1-4-31-21(27)19-15(3)23-22(28)24-18(19)13-32-20(26)16-9-11-25(12-10-16)33(29,30)17-7-5-14(2)6-8-17/h5-8,15-16H,4,9-13H2,1-3H3,(H2,23,24,28). The lowest BCUT2D eigenvalue weighted by atomic mass is 9.98. The number of carbonyl (C=O) groups is 3. The molecule has 33 heavy (non-hydrogen) atoms. The third kappa shape index (κ3) is 5.72. The maximum absolute atomic E-state index is 12.8. The van der Waals surface area contributed by atoms with Crippen molar-refractivity contribution in [2.75, 3.05) is 26.3 Å². The SMILES string of the molecule is CCOC(=O)C1=C(COC(=O)C2CCN(S(=O)(=O)c3ccc(C)cc3)CC2)NC(=O)NC1C. The summed E-state index contributed by atoms with van der Waals surface area (Å²) in [6.07, 6.45) is 0.635. The number of amides is 2. The Labute approximate surface area is 193 Å². The van der Waals surface area contributed by atoms with Gasteiger partial charge in [-0.25, -0.2) is 18.0 Å². The molecule has 180 valence electrons. The highest BCUT2D eigenvalue weighted by Crippen LogP contribution is 2.25. The van der Waals surface area contributed by atoms with E-state index in [4.69, 9.17) is 9.47 Å². The first-order valence-corrected chi connectivity index (χ1v) is 12.3. The van der Waals surface area contributed by atoms with Crippen LogP contribution in [0.1, 0.15) is 32.3 Å². The van der Waals surface area contributed by atoms with Crippen molar-refractivity contribution in [1.29, 1.82) is 0 Å². The van der Waals surface area contributed by atoms with Crippen LogP contribution in [0, 0.1) is 12.8 Å². The first-order chi connectivity index (χ1) is 15.6. The van der Waals surface area contributed by atoms with Crippen LogP contribution in [0.25, 0.3) is 0 Å². The van der Waals surface area contributed by atoms with Gasteiger partial charge in [0.25, 0.3) is 0 Å². The molecule has 3 rings (SSSR count). The van der Waals surface area contributed by atoms with Crippen LogP contribution in [-0.2, 0) is 29.1 Å². The molecular weight excluding hydrogens is 450 g/mol. The zero-order valence-electron chi connectivity index (χ0n) is 18.9. The minimum Gasteiger partial charge on any atom is -0.463 e. The Bertz CT molecular complexity index is 1040. The Morgan fingerprint density at radius 3 is 2.36 bits per heavy atom. The number of nitrogens with one attached hydrogen (secondary N) is 2. The van der Waals surface area contributed by atoms with E-state index in [0.29, 0.717) is 12.8 Å². The van der Waals surface area contributed by atoms with Crippen molar-refractivity contribution < 1.29 is 32.3 Å². The number of aryl methyl sites for hydroxylation is 1. The van der Waals surface area contributed by atoms with Gasteiger partial charge in [0, 0.05) is 13.1 Å². The van der Waals surface area contributed by atoms with E-state index in [2.05, 4.69) is 10.6 Å². The van der Waals surface area contributed by atoms with E-state index in [0.717, 1.165) is 5.56 Å². The summed E-state index contributed by atoms with van der Waals surface area (Å²) in [5, 5.41) is 5.08. The normalized spacial score (nSPS) is 20.1. The minimum absolute atomic E-state index is 0.167. The molecule has 2 N–H and O–H groups in total. The highest BCUT2D eigenvalue weighted by atomic mass is 32.2. The van der Waals surface area contributed by atoms with Gasteiger partial charge in [0.2, 0.25) is 10.0 Å². The van der Waals surface area contributed by atoms with Gasteiger partial charge in [0.1, 0.15) is 6.61 Å². The van der Waals surface area contributed by atoms with Crippen molar-refractivity contribution >= 4 is 28.0 Å². The molecule has 2 amide bonds. The molecule has 11 heteroatoms. The van der Waals surface area contributed by atoms with Gasteiger partial charge in [0.05, 0.1) is 34.7 Å². The second-order valence-electron chi connectivity index (χ2n) is 8.03. The molecule has 1 aromatic carbocycles. The summed E-state index contributed by atoms with van der Waals surface area (Å²) in [7, 11) is -3.62. The van der Waals surface area contributed by atoms with E-state index in [-0.39, 0.29) is 42.5 Å². The Morgan fingerprint density at radius 2 is 1.76 bits per heavy atom. The third-order valence-electron chi connectivity index (χ3n) is 5.67. The fraction of sp³-hybridized carbons (Fsp3) is 0.500. The molecule has 1 saturated heterocycles. The summed E-state index contributed by atoms with van der Waals surface area (Å²) in [6.45, 7) is 5.47. The van der Waals surface area contributed by atoms with E-state index in [9.17, 15) is 22.8 Å². The summed E-state index contributed by atoms with van der Waals surface area (Å²) in [6, 6.07) is 5.55. The Kier molecular flexibility index (Phi) is 7.75. The van der Waals surface area contributed by atoms with Crippen LogP contribution in [0.4, 0.5) is 4.79 Å². The third-order valence-corrected chi connectivity index (χ3v) is 7.58. The number of hydrogen-bond donors (Lipinski definition) is 2. The second-order valence-corrected chi connectivity index (χ2v) is 9.97. The number of rotatable bonds is 7. The smallest absolute Gasteiger partial charge is 0.338 e. The quantitative estimate of drug-likeness (QED) is 0.566. The topological polar surface area (TPSA) is 131 Å². The zero-order valence-corrected chi connectivity index (χ0v) is 19.7. The highest BCUT2D eigenvalue weighted by molar-refractivity contribution is 7.89. The maximum atomic E-state index is 12.8. The molecule has 1 aromatic rings. The first-order valence-electron chi connectivity index (χ1n) is 10.8. The van der Waals surface area contributed by atoms with Crippen LogP contribution in [0.2, 0.25) is 0 Å². The van der Waals surface area contributed by atoms with Crippen molar-refractivity contribution in [1.82, 2.24) is 14.9 Å². The Balaban J connectivity index is 1.60. The largest absolute Gasteiger partial charge is 0.463 e.